The minimum absolute atomic E-state index is 0.225. The van der Waals surface area contributed by atoms with Gasteiger partial charge in [-0.3, -0.25) is 10.1 Å². The number of nitrogens with zero attached hydrogens (tertiary/aromatic N) is 1. The maximum Gasteiger partial charge on any atom is 0.311 e. The number of hydrogen-bond donors (Lipinski definition) is 2. The summed E-state index contributed by atoms with van der Waals surface area (Å²) >= 11 is 5.51. The molecular weight excluding hydrogens is 246 g/mol. The SMILES string of the molecule is Nc1ccc(S(N)(=O)=O)c(Cl)c1[N+](=O)[O-]. The molecule has 1 aromatic rings. The Morgan fingerprint density at radius 3 is 2.33 bits per heavy atom. The predicted molar refractivity (Wildman–Crippen MR) is 53.9 cm³/mol. The fraction of sp³-hybridized carbons (Fsp3) is 0. The Kier molecular flexibility index (Phi) is 2.84. The lowest BCUT2D eigenvalue weighted by Crippen LogP contribution is -2.13. The number of benzene rings is 1. The summed E-state index contributed by atoms with van der Waals surface area (Å²) in [6, 6.07) is 2.07. The Balaban J connectivity index is 3.64. The Morgan fingerprint density at radius 2 is 1.93 bits per heavy atom. The molecule has 0 unspecified atom stereocenters. The molecule has 0 spiro atoms. The third-order valence-electron chi connectivity index (χ3n) is 1.60. The first-order valence-electron chi connectivity index (χ1n) is 3.50. The zero-order valence-electron chi connectivity index (χ0n) is 7.18. The van der Waals surface area contributed by atoms with E-state index in [-0.39, 0.29) is 5.69 Å². The number of nitrogens with two attached hydrogens (primary N) is 2. The van der Waals surface area contributed by atoms with Crippen molar-refractivity contribution in [2.45, 2.75) is 4.90 Å². The summed E-state index contributed by atoms with van der Waals surface area (Å²) in [5, 5.41) is 14.7. The van der Waals surface area contributed by atoms with Gasteiger partial charge in [0.1, 0.15) is 15.6 Å². The molecule has 15 heavy (non-hydrogen) atoms. The van der Waals surface area contributed by atoms with Gasteiger partial charge in [0.05, 0.1) is 4.92 Å². The minimum Gasteiger partial charge on any atom is -0.393 e. The molecule has 0 radical (unpaired) electrons. The Hall–Kier alpha value is -1.38. The van der Waals surface area contributed by atoms with Gasteiger partial charge >= 0.3 is 5.69 Å². The molecular formula is C6H6ClN3O4S. The van der Waals surface area contributed by atoms with Crippen LogP contribution in [0.1, 0.15) is 0 Å². The third-order valence-corrected chi connectivity index (χ3v) is 3.05. The lowest BCUT2D eigenvalue weighted by molar-refractivity contribution is -0.383. The maximum absolute atomic E-state index is 11.0. The van der Waals surface area contributed by atoms with Gasteiger partial charge in [0.2, 0.25) is 10.0 Å². The first-order valence-corrected chi connectivity index (χ1v) is 5.42. The number of hydrogen-bond acceptors (Lipinski definition) is 5. The number of nitro benzene ring substituents is 1. The Bertz CT molecular complexity index is 527. The highest BCUT2D eigenvalue weighted by Crippen LogP contribution is 2.35. The molecule has 0 aliphatic heterocycles. The molecule has 9 heteroatoms. The standard InChI is InChI=1S/C6H6ClN3O4S/c7-5-4(15(9,13)14)2-1-3(8)6(5)10(11)12/h1-2H,8H2,(H2,9,13,14). The summed E-state index contributed by atoms with van der Waals surface area (Å²) in [7, 11) is -4.10. The quantitative estimate of drug-likeness (QED) is 0.448. The van der Waals surface area contributed by atoms with Crippen molar-refractivity contribution in [3.8, 4) is 0 Å². The number of rotatable bonds is 2. The number of nitrogen functional groups attached to an aromatic ring is 1. The van der Waals surface area contributed by atoms with Crippen LogP contribution in [0.15, 0.2) is 17.0 Å². The van der Waals surface area contributed by atoms with Crippen molar-refractivity contribution in [3.63, 3.8) is 0 Å². The molecule has 0 bridgehead atoms. The van der Waals surface area contributed by atoms with Crippen molar-refractivity contribution >= 4 is 33.0 Å². The maximum atomic E-state index is 11.0. The Morgan fingerprint density at radius 1 is 1.40 bits per heavy atom. The van der Waals surface area contributed by atoms with Crippen molar-refractivity contribution in [1.82, 2.24) is 0 Å². The van der Waals surface area contributed by atoms with Crippen LogP contribution in [0.25, 0.3) is 0 Å². The molecule has 0 saturated carbocycles. The molecule has 0 atom stereocenters. The Labute approximate surface area is 89.8 Å². The van der Waals surface area contributed by atoms with Gasteiger partial charge in [0.25, 0.3) is 0 Å². The summed E-state index contributed by atoms with van der Waals surface area (Å²) in [5.74, 6) is 0. The van der Waals surface area contributed by atoms with E-state index in [1.807, 2.05) is 0 Å². The fourth-order valence-corrected chi connectivity index (χ4v) is 2.13. The lowest BCUT2D eigenvalue weighted by Gasteiger charge is -2.03. The van der Waals surface area contributed by atoms with Gasteiger partial charge in [-0.15, -0.1) is 0 Å². The summed E-state index contributed by atoms with van der Waals surface area (Å²) < 4.78 is 21.9. The first kappa shape index (κ1) is 11.7. The van der Waals surface area contributed by atoms with Crippen LogP contribution in [0.5, 0.6) is 0 Å². The van der Waals surface area contributed by atoms with Gasteiger partial charge in [-0.1, -0.05) is 11.6 Å². The number of anilines is 1. The monoisotopic (exact) mass is 251 g/mol. The van der Waals surface area contributed by atoms with Crippen molar-refractivity contribution in [3.05, 3.63) is 27.3 Å². The highest BCUT2D eigenvalue weighted by Gasteiger charge is 2.25. The second-order valence-corrected chi connectivity index (χ2v) is 4.53. The van der Waals surface area contributed by atoms with E-state index in [1.54, 1.807) is 0 Å². The molecule has 0 heterocycles. The predicted octanol–water partition coefficient (Wildman–Crippen LogP) is 0.478. The zero-order valence-corrected chi connectivity index (χ0v) is 8.75. The van der Waals surface area contributed by atoms with Crippen LogP contribution < -0.4 is 10.9 Å². The molecule has 0 fully saturated rings. The molecule has 0 aliphatic carbocycles. The van der Waals surface area contributed by atoms with Crippen LogP contribution in [-0.2, 0) is 10.0 Å². The number of primary sulfonamides is 1. The number of nitro groups is 1. The molecule has 82 valence electrons. The molecule has 1 aromatic carbocycles. The van der Waals surface area contributed by atoms with Crippen LogP contribution in [0.4, 0.5) is 11.4 Å². The van der Waals surface area contributed by atoms with Gasteiger partial charge in [-0.25, -0.2) is 13.6 Å². The van der Waals surface area contributed by atoms with E-state index in [9.17, 15) is 18.5 Å². The summed E-state index contributed by atoms with van der Waals surface area (Å²) in [6.07, 6.45) is 0. The number of sulfonamides is 1. The average molecular weight is 252 g/mol. The highest BCUT2D eigenvalue weighted by molar-refractivity contribution is 7.89. The average Bonchev–Trinajstić information content (AvgIpc) is 2.00. The molecule has 0 saturated heterocycles. The van der Waals surface area contributed by atoms with E-state index in [1.165, 1.54) is 0 Å². The zero-order chi connectivity index (χ0) is 11.8. The van der Waals surface area contributed by atoms with Crippen LogP contribution >= 0.6 is 11.6 Å². The van der Waals surface area contributed by atoms with Crippen molar-refractivity contribution in [2.75, 3.05) is 5.73 Å². The van der Waals surface area contributed by atoms with Crippen LogP contribution in [-0.4, -0.2) is 13.3 Å². The number of halogens is 1. The van der Waals surface area contributed by atoms with Crippen LogP contribution in [0.3, 0.4) is 0 Å². The van der Waals surface area contributed by atoms with E-state index in [0.29, 0.717) is 0 Å². The van der Waals surface area contributed by atoms with Crippen molar-refractivity contribution in [1.29, 1.82) is 0 Å². The van der Waals surface area contributed by atoms with Gasteiger partial charge in [-0.2, -0.15) is 0 Å². The topological polar surface area (TPSA) is 129 Å². The van der Waals surface area contributed by atoms with Gasteiger partial charge in [0.15, 0.2) is 0 Å². The largest absolute Gasteiger partial charge is 0.393 e. The molecule has 0 aromatic heterocycles. The van der Waals surface area contributed by atoms with Gasteiger partial charge < -0.3 is 5.73 Å². The smallest absolute Gasteiger partial charge is 0.311 e. The summed E-state index contributed by atoms with van der Waals surface area (Å²) in [5.41, 5.74) is 4.38. The molecule has 1 rings (SSSR count). The van der Waals surface area contributed by atoms with Gasteiger partial charge in [0, 0.05) is 0 Å². The lowest BCUT2D eigenvalue weighted by atomic mass is 10.3. The van der Waals surface area contributed by atoms with E-state index in [4.69, 9.17) is 22.5 Å². The highest BCUT2D eigenvalue weighted by atomic mass is 35.5. The second-order valence-electron chi connectivity index (χ2n) is 2.62. The van der Waals surface area contributed by atoms with Crippen LogP contribution in [0, 0.1) is 10.1 Å². The van der Waals surface area contributed by atoms with Gasteiger partial charge in [-0.05, 0) is 12.1 Å². The van der Waals surface area contributed by atoms with E-state index >= 15 is 0 Å². The summed E-state index contributed by atoms with van der Waals surface area (Å²) in [6.45, 7) is 0. The molecule has 7 nitrogen and oxygen atoms in total. The second kappa shape index (κ2) is 3.65. The van der Waals surface area contributed by atoms with E-state index < -0.39 is 30.6 Å². The summed E-state index contributed by atoms with van der Waals surface area (Å²) in [4.78, 5) is 9.14. The van der Waals surface area contributed by atoms with Crippen molar-refractivity contribution in [2.24, 2.45) is 5.14 Å². The normalized spacial score (nSPS) is 11.3. The molecule has 4 N–H and O–H groups in total. The minimum atomic E-state index is -4.10. The van der Waals surface area contributed by atoms with E-state index in [2.05, 4.69) is 0 Å². The molecule has 0 amide bonds. The van der Waals surface area contributed by atoms with Crippen LogP contribution in [0.2, 0.25) is 5.02 Å². The third kappa shape index (κ3) is 2.17. The van der Waals surface area contributed by atoms with Crippen molar-refractivity contribution < 1.29 is 13.3 Å². The fourth-order valence-electron chi connectivity index (χ4n) is 0.966. The molecule has 0 aliphatic rings. The van der Waals surface area contributed by atoms with E-state index in [0.717, 1.165) is 12.1 Å². The first-order chi connectivity index (χ1) is 6.75.